The van der Waals surface area contributed by atoms with Crippen molar-refractivity contribution in [1.29, 1.82) is 0 Å². The van der Waals surface area contributed by atoms with E-state index >= 15 is 0 Å². The Labute approximate surface area is 159 Å². The Hall–Kier alpha value is -3.26. The van der Waals surface area contributed by atoms with Crippen LogP contribution in [0.2, 0.25) is 0 Å². The van der Waals surface area contributed by atoms with Gasteiger partial charge in [-0.2, -0.15) is 0 Å². The number of aromatic hydroxyl groups is 1. The monoisotopic (exact) mass is 385 g/mol. The second-order valence-electron chi connectivity index (χ2n) is 5.70. The van der Waals surface area contributed by atoms with Gasteiger partial charge in [0.2, 0.25) is 5.88 Å². The summed E-state index contributed by atoms with van der Waals surface area (Å²) in [6.07, 6.45) is 0.469. The quantitative estimate of drug-likeness (QED) is 0.470. The van der Waals surface area contributed by atoms with Crippen LogP contribution < -0.4 is 20.2 Å². The molecule has 0 unspecified atom stereocenters. The molecule has 0 bridgehead atoms. The summed E-state index contributed by atoms with van der Waals surface area (Å²) in [7, 11) is 0. The number of benzene rings is 2. The van der Waals surface area contributed by atoms with E-state index in [1.54, 1.807) is 0 Å². The molecule has 0 saturated heterocycles. The van der Waals surface area contributed by atoms with Gasteiger partial charge in [-0.1, -0.05) is 41.7 Å². The summed E-state index contributed by atoms with van der Waals surface area (Å²) in [5.41, 5.74) is 1.68. The number of hydrogen-bond acceptors (Lipinski definition) is 5. The van der Waals surface area contributed by atoms with Gasteiger partial charge in [0.05, 0.1) is 11.4 Å². The van der Waals surface area contributed by atoms with Crippen molar-refractivity contribution in [3.8, 4) is 11.6 Å². The van der Waals surface area contributed by atoms with Gasteiger partial charge in [0.15, 0.2) is 0 Å². The van der Waals surface area contributed by atoms with Gasteiger partial charge in [-0.3, -0.25) is 9.78 Å². The van der Waals surface area contributed by atoms with Crippen LogP contribution in [0.4, 0.5) is 10.5 Å². The van der Waals surface area contributed by atoms with Crippen molar-refractivity contribution in [3.05, 3.63) is 74.7 Å². The van der Waals surface area contributed by atoms with Gasteiger partial charge in [-0.05, 0) is 29.8 Å². The molecule has 0 atom stereocenters. The van der Waals surface area contributed by atoms with E-state index in [1.165, 1.54) is 0 Å². The average molecular weight is 385 g/mol. The number of anilines is 1. The molecule has 0 aliphatic carbocycles. The first-order valence-corrected chi connectivity index (χ1v) is 9.14. The minimum Gasteiger partial charge on any atom is -0.494 e. The largest absolute Gasteiger partial charge is 0.494 e. The molecule has 4 N–H and O–H groups in total. The summed E-state index contributed by atoms with van der Waals surface area (Å²) in [6, 6.07) is 16.3. The summed E-state index contributed by atoms with van der Waals surface area (Å²) in [6.45, 7) is 0.702. The Bertz CT molecular complexity index is 936. The molecular weight excluding hydrogens is 366 g/mol. The number of carbonyl (C=O) groups excluding carboxylic acids is 1. The second kappa shape index (κ2) is 8.91. The van der Waals surface area contributed by atoms with Crippen molar-refractivity contribution in [3.63, 3.8) is 0 Å². The van der Waals surface area contributed by atoms with Crippen molar-refractivity contribution in [2.75, 3.05) is 18.5 Å². The molecule has 1 heterocycles. The van der Waals surface area contributed by atoms with Crippen LogP contribution in [0.25, 0.3) is 0 Å². The van der Waals surface area contributed by atoms with E-state index in [0.717, 1.165) is 22.6 Å². The lowest BCUT2D eigenvalue weighted by molar-refractivity contribution is 0.247. The van der Waals surface area contributed by atoms with Gasteiger partial charge in [0.1, 0.15) is 12.4 Å². The van der Waals surface area contributed by atoms with Gasteiger partial charge >= 0.3 is 10.9 Å². The SMILES string of the molecule is O=C(NCCOc1ccc(Cc2sc(=O)[nH]c2O)cc1)Nc1ccccc1. The lowest BCUT2D eigenvalue weighted by Crippen LogP contribution is -2.32. The fraction of sp³-hybridized carbons (Fsp3) is 0.158. The average Bonchev–Trinajstić information content (AvgIpc) is 2.98. The number of hydrogen-bond donors (Lipinski definition) is 4. The molecule has 0 aliphatic rings. The first-order valence-electron chi connectivity index (χ1n) is 8.33. The third-order valence-corrected chi connectivity index (χ3v) is 4.55. The number of amides is 2. The number of aromatic nitrogens is 1. The lowest BCUT2D eigenvalue weighted by Gasteiger charge is -2.09. The molecule has 0 saturated carbocycles. The molecule has 3 aromatic rings. The molecule has 140 valence electrons. The van der Waals surface area contributed by atoms with Gasteiger partial charge in [0.25, 0.3) is 0 Å². The Morgan fingerprint density at radius 2 is 1.85 bits per heavy atom. The zero-order valence-electron chi connectivity index (χ0n) is 14.4. The number of nitrogens with one attached hydrogen (secondary N) is 3. The number of aromatic amines is 1. The highest BCUT2D eigenvalue weighted by Crippen LogP contribution is 2.21. The van der Waals surface area contributed by atoms with Crippen LogP contribution in [0.3, 0.4) is 0 Å². The van der Waals surface area contributed by atoms with Crippen molar-refractivity contribution < 1.29 is 14.6 Å². The number of para-hydroxylation sites is 1. The molecule has 7 nitrogen and oxygen atoms in total. The molecule has 0 fully saturated rings. The predicted molar refractivity (Wildman–Crippen MR) is 105 cm³/mol. The molecule has 0 aliphatic heterocycles. The summed E-state index contributed by atoms with van der Waals surface area (Å²) >= 11 is 0.995. The van der Waals surface area contributed by atoms with Crippen molar-refractivity contribution in [2.24, 2.45) is 0 Å². The van der Waals surface area contributed by atoms with Crippen LogP contribution in [-0.2, 0) is 6.42 Å². The molecule has 8 heteroatoms. The smallest absolute Gasteiger partial charge is 0.319 e. The summed E-state index contributed by atoms with van der Waals surface area (Å²) in [5, 5.41) is 15.1. The molecule has 2 amide bonds. The van der Waals surface area contributed by atoms with E-state index in [9.17, 15) is 14.7 Å². The number of H-pyrrole nitrogens is 1. The Morgan fingerprint density at radius 3 is 2.52 bits per heavy atom. The fourth-order valence-corrected chi connectivity index (χ4v) is 3.15. The van der Waals surface area contributed by atoms with E-state index in [1.807, 2.05) is 54.6 Å². The van der Waals surface area contributed by atoms with Gasteiger partial charge in [-0.25, -0.2) is 4.79 Å². The Kier molecular flexibility index (Phi) is 6.11. The first-order chi connectivity index (χ1) is 13.1. The Morgan fingerprint density at radius 1 is 1.11 bits per heavy atom. The van der Waals surface area contributed by atoms with E-state index < -0.39 is 0 Å². The molecule has 1 aromatic heterocycles. The van der Waals surface area contributed by atoms with Crippen LogP contribution in [0.15, 0.2) is 59.4 Å². The topological polar surface area (TPSA) is 103 Å². The maximum atomic E-state index is 11.7. The van der Waals surface area contributed by atoms with Gasteiger partial charge in [0, 0.05) is 12.1 Å². The third-order valence-electron chi connectivity index (χ3n) is 3.68. The summed E-state index contributed by atoms with van der Waals surface area (Å²) < 4.78 is 5.59. The van der Waals surface area contributed by atoms with Crippen LogP contribution in [0.1, 0.15) is 10.4 Å². The number of carbonyl (C=O) groups is 1. The fourth-order valence-electron chi connectivity index (χ4n) is 2.39. The van der Waals surface area contributed by atoms with E-state index in [2.05, 4.69) is 15.6 Å². The predicted octanol–water partition coefficient (Wildman–Crippen LogP) is 2.93. The molecule has 0 spiro atoms. The molecule has 27 heavy (non-hydrogen) atoms. The minimum atomic E-state index is -0.287. The summed E-state index contributed by atoms with van der Waals surface area (Å²) in [5.74, 6) is 0.598. The van der Waals surface area contributed by atoms with E-state index in [0.29, 0.717) is 30.2 Å². The number of rotatable bonds is 7. The summed E-state index contributed by atoms with van der Waals surface area (Å²) in [4.78, 5) is 25.6. The van der Waals surface area contributed by atoms with Crippen LogP contribution >= 0.6 is 11.3 Å². The molecular formula is C19H19N3O4S. The number of thiazole rings is 1. The van der Waals surface area contributed by atoms with Crippen molar-refractivity contribution in [1.82, 2.24) is 10.3 Å². The number of urea groups is 1. The van der Waals surface area contributed by atoms with Gasteiger partial charge in [-0.15, -0.1) is 0 Å². The highest BCUT2D eigenvalue weighted by molar-refractivity contribution is 7.09. The van der Waals surface area contributed by atoms with Crippen molar-refractivity contribution in [2.45, 2.75) is 6.42 Å². The Balaban J connectivity index is 1.40. The zero-order valence-corrected chi connectivity index (χ0v) is 15.2. The molecule has 2 aromatic carbocycles. The van der Waals surface area contributed by atoms with Crippen LogP contribution in [0.5, 0.6) is 11.6 Å². The normalized spacial score (nSPS) is 10.4. The third kappa shape index (κ3) is 5.61. The van der Waals surface area contributed by atoms with E-state index in [4.69, 9.17) is 4.74 Å². The lowest BCUT2D eigenvalue weighted by atomic mass is 10.1. The second-order valence-corrected chi connectivity index (χ2v) is 6.77. The van der Waals surface area contributed by atoms with Crippen molar-refractivity contribution >= 4 is 23.1 Å². The molecule has 3 rings (SSSR count). The van der Waals surface area contributed by atoms with Gasteiger partial charge < -0.3 is 20.5 Å². The highest BCUT2D eigenvalue weighted by Gasteiger charge is 2.07. The first kappa shape index (κ1) is 18.5. The zero-order chi connectivity index (χ0) is 19.1. The maximum Gasteiger partial charge on any atom is 0.319 e. The maximum absolute atomic E-state index is 11.7. The highest BCUT2D eigenvalue weighted by atomic mass is 32.1. The molecule has 0 radical (unpaired) electrons. The number of ether oxygens (including phenoxy) is 1. The minimum absolute atomic E-state index is 0.0785. The van der Waals surface area contributed by atoms with Crippen LogP contribution in [0, 0.1) is 0 Å². The standard InChI is InChI=1S/C19H19N3O4S/c23-17-16(27-19(25)22-17)12-13-6-8-15(9-7-13)26-11-10-20-18(24)21-14-4-2-1-3-5-14/h1-9,23H,10-12H2,(H,22,25)(H2,20,21,24). The van der Waals surface area contributed by atoms with Crippen LogP contribution in [-0.4, -0.2) is 29.3 Å². The van der Waals surface area contributed by atoms with E-state index in [-0.39, 0.29) is 16.8 Å².